The number of benzene rings is 1. The van der Waals surface area contributed by atoms with Gasteiger partial charge in [0.2, 0.25) is 0 Å². The monoisotopic (exact) mass is 206 g/mol. The van der Waals surface area contributed by atoms with Gasteiger partial charge in [0.05, 0.1) is 0 Å². The molecule has 1 aromatic carbocycles. The molecule has 15 heavy (non-hydrogen) atoms. The van der Waals surface area contributed by atoms with Crippen LogP contribution in [0.5, 0.6) is 11.5 Å². The first-order valence-corrected chi connectivity index (χ1v) is 5.43. The lowest BCUT2D eigenvalue weighted by Gasteiger charge is -2.22. The zero-order valence-electron chi connectivity index (χ0n) is 9.67. The molecule has 0 N–H and O–H groups in total. The van der Waals surface area contributed by atoms with E-state index in [1.807, 2.05) is 6.07 Å². The molecule has 0 aromatic heterocycles. The Kier molecular flexibility index (Phi) is 2.59. The molecule has 0 unspecified atom stereocenters. The van der Waals surface area contributed by atoms with E-state index in [2.05, 4.69) is 32.9 Å². The molecule has 2 heteroatoms. The molecule has 0 saturated heterocycles. The predicted octanol–water partition coefficient (Wildman–Crippen LogP) is 3.05. The highest BCUT2D eigenvalue weighted by Gasteiger charge is 2.15. The minimum absolute atomic E-state index is 0.309. The highest BCUT2D eigenvalue weighted by molar-refractivity contribution is 5.44. The van der Waals surface area contributed by atoms with E-state index >= 15 is 0 Å². The molecule has 1 aliphatic heterocycles. The summed E-state index contributed by atoms with van der Waals surface area (Å²) in [7, 11) is 0. The fraction of sp³-hybridized carbons (Fsp3) is 0.538. The van der Waals surface area contributed by atoms with Crippen LogP contribution in [-0.2, 0) is 6.42 Å². The summed E-state index contributed by atoms with van der Waals surface area (Å²) in [4.78, 5) is 0. The van der Waals surface area contributed by atoms with Crippen molar-refractivity contribution in [3.05, 3.63) is 23.8 Å². The molecule has 0 bridgehead atoms. The van der Waals surface area contributed by atoms with Gasteiger partial charge in [-0.2, -0.15) is 0 Å². The summed E-state index contributed by atoms with van der Waals surface area (Å²) in [5.41, 5.74) is 1.62. The van der Waals surface area contributed by atoms with Crippen LogP contribution in [0.2, 0.25) is 0 Å². The first kappa shape index (κ1) is 10.3. The molecule has 82 valence electrons. The Balaban J connectivity index is 2.21. The van der Waals surface area contributed by atoms with Crippen LogP contribution in [-0.4, -0.2) is 13.2 Å². The van der Waals surface area contributed by atoms with Crippen molar-refractivity contribution in [3.8, 4) is 11.5 Å². The van der Waals surface area contributed by atoms with Gasteiger partial charge in [-0.15, -0.1) is 0 Å². The molecule has 0 aliphatic carbocycles. The summed E-state index contributed by atoms with van der Waals surface area (Å²) in [5, 5.41) is 0. The number of ether oxygens (including phenoxy) is 2. The lowest BCUT2D eigenvalue weighted by molar-refractivity contribution is 0.171. The van der Waals surface area contributed by atoms with Gasteiger partial charge in [-0.1, -0.05) is 26.8 Å². The van der Waals surface area contributed by atoms with Crippen LogP contribution in [0.25, 0.3) is 0 Å². The fourth-order valence-electron chi connectivity index (χ4n) is 1.81. The molecule has 1 aromatic rings. The summed E-state index contributed by atoms with van der Waals surface area (Å²) in [5.74, 6) is 1.77. The van der Waals surface area contributed by atoms with Crippen molar-refractivity contribution in [3.63, 3.8) is 0 Å². The SMILES string of the molecule is CC(C)(C)Cc1ccc2c(c1)OCCO2. The number of rotatable bonds is 1. The maximum atomic E-state index is 5.55. The van der Waals surface area contributed by atoms with Crippen molar-refractivity contribution in [1.82, 2.24) is 0 Å². The molecule has 0 spiro atoms. The second kappa shape index (κ2) is 3.76. The average Bonchev–Trinajstić information content (AvgIpc) is 2.15. The van der Waals surface area contributed by atoms with Crippen LogP contribution in [0.1, 0.15) is 26.3 Å². The molecule has 0 radical (unpaired) electrons. The van der Waals surface area contributed by atoms with Crippen molar-refractivity contribution in [2.45, 2.75) is 27.2 Å². The topological polar surface area (TPSA) is 18.5 Å². The Bertz CT molecular complexity index is 350. The van der Waals surface area contributed by atoms with Crippen molar-refractivity contribution < 1.29 is 9.47 Å². The smallest absolute Gasteiger partial charge is 0.161 e. The molecule has 0 saturated carbocycles. The first-order valence-electron chi connectivity index (χ1n) is 5.43. The Morgan fingerprint density at radius 1 is 1.07 bits per heavy atom. The molecular weight excluding hydrogens is 188 g/mol. The predicted molar refractivity (Wildman–Crippen MR) is 60.6 cm³/mol. The third-order valence-electron chi connectivity index (χ3n) is 2.34. The van der Waals surface area contributed by atoms with Crippen molar-refractivity contribution >= 4 is 0 Å². The second-order valence-electron chi connectivity index (χ2n) is 5.22. The van der Waals surface area contributed by atoms with E-state index in [1.165, 1.54) is 5.56 Å². The standard InChI is InChI=1S/C13H18O2/c1-13(2,3)9-10-4-5-11-12(8-10)15-7-6-14-11/h4-5,8H,6-7,9H2,1-3H3. The van der Waals surface area contributed by atoms with Gasteiger partial charge in [-0.05, 0) is 29.5 Å². The summed E-state index contributed by atoms with van der Waals surface area (Å²) in [6.45, 7) is 8.04. The molecule has 2 nitrogen and oxygen atoms in total. The van der Waals surface area contributed by atoms with Crippen LogP contribution in [0.3, 0.4) is 0 Å². The summed E-state index contributed by atoms with van der Waals surface area (Å²) >= 11 is 0. The first-order chi connectivity index (χ1) is 7.04. The van der Waals surface area contributed by atoms with Crippen LogP contribution < -0.4 is 9.47 Å². The van der Waals surface area contributed by atoms with Crippen LogP contribution in [0.4, 0.5) is 0 Å². The fourth-order valence-corrected chi connectivity index (χ4v) is 1.81. The van der Waals surface area contributed by atoms with Gasteiger partial charge in [0.15, 0.2) is 11.5 Å². The second-order valence-corrected chi connectivity index (χ2v) is 5.22. The number of hydrogen-bond donors (Lipinski definition) is 0. The molecular formula is C13H18O2. The Morgan fingerprint density at radius 2 is 1.73 bits per heavy atom. The number of fused-ring (bicyclic) bond motifs is 1. The minimum Gasteiger partial charge on any atom is -0.486 e. The van der Waals surface area contributed by atoms with Gasteiger partial charge in [-0.3, -0.25) is 0 Å². The van der Waals surface area contributed by atoms with Crippen LogP contribution in [0.15, 0.2) is 18.2 Å². The maximum absolute atomic E-state index is 5.55. The van der Waals surface area contributed by atoms with Gasteiger partial charge >= 0.3 is 0 Å². The van der Waals surface area contributed by atoms with Gasteiger partial charge in [-0.25, -0.2) is 0 Å². The van der Waals surface area contributed by atoms with Gasteiger partial charge < -0.3 is 9.47 Å². The Hall–Kier alpha value is -1.18. The zero-order chi connectivity index (χ0) is 10.9. The van der Waals surface area contributed by atoms with E-state index in [4.69, 9.17) is 9.47 Å². The van der Waals surface area contributed by atoms with E-state index in [9.17, 15) is 0 Å². The van der Waals surface area contributed by atoms with E-state index in [0.717, 1.165) is 17.9 Å². The quantitative estimate of drug-likeness (QED) is 0.703. The van der Waals surface area contributed by atoms with Crippen LogP contribution in [0, 0.1) is 5.41 Å². The zero-order valence-corrected chi connectivity index (χ0v) is 9.67. The third kappa shape index (κ3) is 2.65. The van der Waals surface area contributed by atoms with Crippen molar-refractivity contribution in [1.29, 1.82) is 0 Å². The summed E-state index contributed by atoms with van der Waals surface area (Å²) in [6, 6.07) is 6.23. The summed E-state index contributed by atoms with van der Waals surface area (Å²) < 4.78 is 11.0. The molecule has 2 rings (SSSR count). The van der Waals surface area contributed by atoms with E-state index < -0.39 is 0 Å². The van der Waals surface area contributed by atoms with Gasteiger partial charge in [0, 0.05) is 0 Å². The van der Waals surface area contributed by atoms with Gasteiger partial charge in [0.25, 0.3) is 0 Å². The normalized spacial score (nSPS) is 15.1. The molecule has 0 atom stereocenters. The number of hydrogen-bond acceptors (Lipinski definition) is 2. The lowest BCUT2D eigenvalue weighted by atomic mass is 9.88. The highest BCUT2D eigenvalue weighted by atomic mass is 16.6. The third-order valence-corrected chi connectivity index (χ3v) is 2.34. The lowest BCUT2D eigenvalue weighted by Crippen LogP contribution is -2.16. The van der Waals surface area contributed by atoms with E-state index in [0.29, 0.717) is 18.6 Å². The molecule has 0 fully saturated rings. The van der Waals surface area contributed by atoms with Crippen LogP contribution >= 0.6 is 0 Å². The van der Waals surface area contributed by atoms with Crippen molar-refractivity contribution in [2.75, 3.05) is 13.2 Å². The average molecular weight is 206 g/mol. The summed E-state index contributed by atoms with van der Waals surface area (Å²) in [6.07, 6.45) is 1.06. The molecule has 1 heterocycles. The molecule has 0 amide bonds. The van der Waals surface area contributed by atoms with E-state index in [1.54, 1.807) is 0 Å². The highest BCUT2D eigenvalue weighted by Crippen LogP contribution is 2.32. The van der Waals surface area contributed by atoms with E-state index in [-0.39, 0.29) is 0 Å². The largest absolute Gasteiger partial charge is 0.486 e. The maximum Gasteiger partial charge on any atom is 0.161 e. The van der Waals surface area contributed by atoms with Gasteiger partial charge in [0.1, 0.15) is 13.2 Å². The Morgan fingerprint density at radius 3 is 2.40 bits per heavy atom. The minimum atomic E-state index is 0.309. The van der Waals surface area contributed by atoms with Crippen molar-refractivity contribution in [2.24, 2.45) is 5.41 Å². The molecule has 1 aliphatic rings. The Labute approximate surface area is 91.2 Å².